The van der Waals surface area contributed by atoms with Crippen LogP contribution in [0.3, 0.4) is 0 Å². The molecule has 1 aliphatic rings. The fraction of sp³-hybridized carbons (Fsp3) is 0.944. The number of alkyl carbamates (subject to hydrolysis) is 1. The van der Waals surface area contributed by atoms with Crippen LogP contribution < -0.4 is 10.6 Å². The Morgan fingerprint density at radius 3 is 2.30 bits per heavy atom. The summed E-state index contributed by atoms with van der Waals surface area (Å²) in [6.07, 6.45) is 5.19. The zero-order chi connectivity index (χ0) is 17.5. The van der Waals surface area contributed by atoms with E-state index in [0.29, 0.717) is 12.1 Å². The Bertz CT molecular complexity index is 347. The molecule has 1 rings (SSSR count). The van der Waals surface area contributed by atoms with Gasteiger partial charge in [0, 0.05) is 31.2 Å². The first kappa shape index (κ1) is 20.2. The smallest absolute Gasteiger partial charge is 0.407 e. The maximum atomic E-state index is 11.8. The third-order valence-corrected chi connectivity index (χ3v) is 4.69. The van der Waals surface area contributed by atoms with Gasteiger partial charge in [-0.3, -0.25) is 0 Å². The lowest BCUT2D eigenvalue weighted by Crippen LogP contribution is -2.45. The molecule has 0 radical (unpaired) electrons. The molecule has 136 valence electrons. The van der Waals surface area contributed by atoms with Gasteiger partial charge in [0.15, 0.2) is 0 Å². The van der Waals surface area contributed by atoms with E-state index in [9.17, 15) is 4.79 Å². The van der Waals surface area contributed by atoms with Gasteiger partial charge in [0.25, 0.3) is 0 Å². The van der Waals surface area contributed by atoms with Crippen LogP contribution in [-0.2, 0) is 4.74 Å². The second-order valence-electron chi connectivity index (χ2n) is 7.89. The number of amides is 1. The van der Waals surface area contributed by atoms with Crippen molar-refractivity contribution in [2.75, 3.05) is 20.1 Å². The van der Waals surface area contributed by atoms with E-state index >= 15 is 0 Å². The highest BCUT2D eigenvalue weighted by molar-refractivity contribution is 5.68. The van der Waals surface area contributed by atoms with Crippen molar-refractivity contribution in [2.24, 2.45) is 0 Å². The SMILES string of the molecule is CCC(C)N(C)CCNC1CCC(NC(=O)OC(C)(C)C)CC1. The lowest BCUT2D eigenvalue weighted by molar-refractivity contribution is 0.0489. The van der Waals surface area contributed by atoms with Crippen LogP contribution in [0.15, 0.2) is 0 Å². The first-order valence-electron chi connectivity index (χ1n) is 9.14. The number of hydrogen-bond donors (Lipinski definition) is 2. The molecule has 1 saturated carbocycles. The molecule has 5 nitrogen and oxygen atoms in total. The summed E-state index contributed by atoms with van der Waals surface area (Å²) in [6.45, 7) is 12.3. The second kappa shape index (κ2) is 9.48. The number of likely N-dealkylation sites (N-methyl/N-ethyl adjacent to an activating group) is 1. The normalized spacial score (nSPS) is 23.6. The number of rotatable bonds is 7. The minimum atomic E-state index is -0.426. The molecule has 0 aromatic carbocycles. The third-order valence-electron chi connectivity index (χ3n) is 4.69. The molecule has 5 heteroatoms. The van der Waals surface area contributed by atoms with Crippen molar-refractivity contribution in [2.45, 2.75) is 90.4 Å². The highest BCUT2D eigenvalue weighted by atomic mass is 16.6. The van der Waals surface area contributed by atoms with Gasteiger partial charge in [-0.05, 0) is 66.8 Å². The summed E-state index contributed by atoms with van der Waals surface area (Å²) in [5, 5.41) is 6.65. The van der Waals surface area contributed by atoms with Gasteiger partial charge in [-0.25, -0.2) is 4.79 Å². The van der Waals surface area contributed by atoms with Crippen LogP contribution in [0, 0.1) is 0 Å². The molecule has 0 heterocycles. The van der Waals surface area contributed by atoms with E-state index in [4.69, 9.17) is 4.74 Å². The first-order chi connectivity index (χ1) is 10.7. The lowest BCUT2D eigenvalue weighted by Gasteiger charge is -2.31. The Hall–Kier alpha value is -0.810. The van der Waals surface area contributed by atoms with Gasteiger partial charge in [0.1, 0.15) is 5.60 Å². The Morgan fingerprint density at radius 2 is 1.78 bits per heavy atom. The van der Waals surface area contributed by atoms with E-state index < -0.39 is 5.60 Å². The molecule has 2 N–H and O–H groups in total. The summed E-state index contributed by atoms with van der Waals surface area (Å²) >= 11 is 0. The van der Waals surface area contributed by atoms with Crippen molar-refractivity contribution in [3.8, 4) is 0 Å². The van der Waals surface area contributed by atoms with Crippen LogP contribution in [0.25, 0.3) is 0 Å². The van der Waals surface area contributed by atoms with Gasteiger partial charge in [-0.1, -0.05) is 6.92 Å². The molecule has 0 aromatic heterocycles. The number of nitrogens with zero attached hydrogens (tertiary/aromatic N) is 1. The molecule has 0 aliphatic heterocycles. The van der Waals surface area contributed by atoms with E-state index in [0.717, 1.165) is 38.8 Å². The zero-order valence-corrected chi connectivity index (χ0v) is 15.9. The number of ether oxygens (including phenoxy) is 1. The number of hydrogen-bond acceptors (Lipinski definition) is 4. The maximum absolute atomic E-state index is 11.8. The molecule has 0 aromatic rings. The standard InChI is InChI=1S/C18H37N3O2/c1-7-14(2)21(6)13-12-19-15-8-10-16(11-9-15)20-17(22)23-18(3,4)5/h14-16,19H,7-13H2,1-6H3,(H,20,22). The van der Waals surface area contributed by atoms with Crippen LogP contribution in [0.5, 0.6) is 0 Å². The summed E-state index contributed by atoms with van der Waals surface area (Å²) in [5.74, 6) is 0. The molecule has 23 heavy (non-hydrogen) atoms. The zero-order valence-electron chi connectivity index (χ0n) is 15.9. The highest BCUT2D eigenvalue weighted by Crippen LogP contribution is 2.19. The van der Waals surface area contributed by atoms with Gasteiger partial charge in [0.05, 0.1) is 0 Å². The fourth-order valence-corrected chi connectivity index (χ4v) is 2.89. The average Bonchev–Trinajstić information content (AvgIpc) is 2.46. The molecule has 0 bridgehead atoms. The Labute approximate surface area is 142 Å². The van der Waals surface area contributed by atoms with E-state index in [1.54, 1.807) is 0 Å². The molecule has 1 amide bonds. The molecule has 0 saturated heterocycles. The second-order valence-corrected chi connectivity index (χ2v) is 7.89. The van der Waals surface area contributed by atoms with Gasteiger partial charge in [0.2, 0.25) is 0 Å². The Balaban J connectivity index is 2.17. The Morgan fingerprint density at radius 1 is 1.22 bits per heavy atom. The predicted octanol–water partition coefficient (Wildman–Crippen LogP) is 3.14. The molecule has 0 spiro atoms. The molecular weight excluding hydrogens is 290 g/mol. The minimum absolute atomic E-state index is 0.255. The van der Waals surface area contributed by atoms with Crippen LogP contribution in [0.1, 0.15) is 66.7 Å². The highest BCUT2D eigenvalue weighted by Gasteiger charge is 2.24. The van der Waals surface area contributed by atoms with Crippen molar-refractivity contribution in [3.05, 3.63) is 0 Å². The third kappa shape index (κ3) is 8.56. The van der Waals surface area contributed by atoms with Crippen molar-refractivity contribution in [3.63, 3.8) is 0 Å². The lowest BCUT2D eigenvalue weighted by atomic mass is 9.91. The van der Waals surface area contributed by atoms with Crippen LogP contribution in [0.4, 0.5) is 4.79 Å². The van der Waals surface area contributed by atoms with E-state index in [-0.39, 0.29) is 12.1 Å². The van der Waals surface area contributed by atoms with Gasteiger partial charge in [-0.15, -0.1) is 0 Å². The molecular formula is C18H37N3O2. The Kier molecular flexibility index (Phi) is 8.34. The van der Waals surface area contributed by atoms with Crippen LogP contribution in [-0.4, -0.2) is 54.9 Å². The molecule has 1 unspecified atom stereocenters. The quantitative estimate of drug-likeness (QED) is 0.754. The van der Waals surface area contributed by atoms with Crippen LogP contribution >= 0.6 is 0 Å². The summed E-state index contributed by atoms with van der Waals surface area (Å²) in [5.41, 5.74) is -0.426. The first-order valence-corrected chi connectivity index (χ1v) is 9.14. The van der Waals surface area contributed by atoms with Crippen molar-refractivity contribution in [1.29, 1.82) is 0 Å². The monoisotopic (exact) mass is 327 g/mol. The minimum Gasteiger partial charge on any atom is -0.444 e. The molecule has 1 atom stereocenters. The topological polar surface area (TPSA) is 53.6 Å². The average molecular weight is 328 g/mol. The molecule has 1 aliphatic carbocycles. The largest absolute Gasteiger partial charge is 0.444 e. The van der Waals surface area contributed by atoms with Crippen molar-refractivity contribution < 1.29 is 9.53 Å². The fourth-order valence-electron chi connectivity index (χ4n) is 2.89. The number of nitrogens with one attached hydrogen (secondary N) is 2. The van der Waals surface area contributed by atoms with Crippen LogP contribution in [0.2, 0.25) is 0 Å². The summed E-state index contributed by atoms with van der Waals surface area (Å²) < 4.78 is 5.32. The van der Waals surface area contributed by atoms with Crippen molar-refractivity contribution in [1.82, 2.24) is 15.5 Å². The van der Waals surface area contributed by atoms with Gasteiger partial charge < -0.3 is 20.3 Å². The summed E-state index contributed by atoms with van der Waals surface area (Å²) in [7, 11) is 2.19. The predicted molar refractivity (Wildman–Crippen MR) is 95.8 cm³/mol. The number of carbonyl (C=O) groups excluding carboxylic acids is 1. The summed E-state index contributed by atoms with van der Waals surface area (Å²) in [4.78, 5) is 14.2. The van der Waals surface area contributed by atoms with E-state index in [1.807, 2.05) is 20.8 Å². The van der Waals surface area contributed by atoms with E-state index in [2.05, 4.69) is 36.4 Å². The van der Waals surface area contributed by atoms with E-state index in [1.165, 1.54) is 6.42 Å². The molecule has 1 fully saturated rings. The van der Waals surface area contributed by atoms with Gasteiger partial charge >= 0.3 is 6.09 Å². The number of carbonyl (C=O) groups is 1. The van der Waals surface area contributed by atoms with Gasteiger partial charge in [-0.2, -0.15) is 0 Å². The summed E-state index contributed by atoms with van der Waals surface area (Å²) in [6, 6.07) is 1.48. The maximum Gasteiger partial charge on any atom is 0.407 e. The van der Waals surface area contributed by atoms with Crippen molar-refractivity contribution >= 4 is 6.09 Å².